The van der Waals surface area contributed by atoms with Gasteiger partial charge in [-0.25, -0.2) is 13.2 Å². The molecule has 1 saturated heterocycles. The molecule has 1 aliphatic rings. The van der Waals surface area contributed by atoms with Crippen molar-refractivity contribution in [1.29, 1.82) is 0 Å². The smallest absolute Gasteiger partial charge is 0.340 e. The first kappa shape index (κ1) is 22.1. The second-order valence-corrected chi connectivity index (χ2v) is 9.63. The van der Waals surface area contributed by atoms with Crippen LogP contribution in [-0.4, -0.2) is 60.8 Å². The number of benzene rings is 1. The fourth-order valence-corrected chi connectivity index (χ4v) is 4.87. The maximum absolute atomic E-state index is 12.6. The van der Waals surface area contributed by atoms with Gasteiger partial charge in [-0.05, 0) is 18.4 Å². The van der Waals surface area contributed by atoms with Crippen LogP contribution in [-0.2, 0) is 19.4 Å². The molecule has 1 amide bonds. The number of carbonyl (C=O) groups excluding carboxylic acids is 2. The molecular formula is C17H21ClN2O7S. The Morgan fingerprint density at radius 3 is 2.61 bits per heavy atom. The van der Waals surface area contributed by atoms with Gasteiger partial charge in [0.15, 0.2) is 16.4 Å². The Bertz CT molecular complexity index is 885. The fraction of sp³-hybridized carbons (Fsp3) is 0.529. The zero-order chi connectivity index (χ0) is 21.1. The van der Waals surface area contributed by atoms with Crippen LogP contribution >= 0.6 is 11.6 Å². The van der Waals surface area contributed by atoms with Crippen molar-refractivity contribution in [2.45, 2.75) is 26.3 Å². The first-order chi connectivity index (χ1) is 13.0. The first-order valence-corrected chi connectivity index (χ1v) is 10.8. The van der Waals surface area contributed by atoms with Gasteiger partial charge in [0.2, 0.25) is 0 Å². The molecule has 1 aromatic rings. The van der Waals surface area contributed by atoms with Crippen molar-refractivity contribution >= 4 is 39.0 Å². The Kier molecular flexibility index (Phi) is 7.00. The monoisotopic (exact) mass is 432 g/mol. The second-order valence-electron chi connectivity index (χ2n) is 6.99. The number of carbonyl (C=O) groups is 2. The molecule has 1 aliphatic heterocycles. The van der Waals surface area contributed by atoms with Crippen molar-refractivity contribution in [3.63, 3.8) is 0 Å². The maximum Gasteiger partial charge on any atom is 0.340 e. The van der Waals surface area contributed by atoms with Gasteiger partial charge in [-0.3, -0.25) is 14.9 Å². The van der Waals surface area contributed by atoms with E-state index in [9.17, 15) is 28.1 Å². The van der Waals surface area contributed by atoms with Crippen LogP contribution in [0.4, 0.5) is 5.69 Å². The maximum atomic E-state index is 12.6. The minimum atomic E-state index is -3.19. The normalized spacial score (nSPS) is 18.1. The zero-order valence-corrected chi connectivity index (χ0v) is 17.0. The number of nitrogens with zero attached hydrogens (tertiary/aromatic N) is 2. The SMILES string of the molecule is CC(C)CN(C(=O)COC(=O)c1cc([N+](=O)[O-])ccc1Cl)C1CCS(=O)(=O)C1. The van der Waals surface area contributed by atoms with Crippen molar-refractivity contribution in [1.82, 2.24) is 4.90 Å². The van der Waals surface area contributed by atoms with E-state index < -0.39 is 39.3 Å². The largest absolute Gasteiger partial charge is 0.452 e. The van der Waals surface area contributed by atoms with Crippen LogP contribution in [0, 0.1) is 16.0 Å². The molecule has 0 N–H and O–H groups in total. The predicted molar refractivity (Wildman–Crippen MR) is 102 cm³/mol. The van der Waals surface area contributed by atoms with Crippen molar-refractivity contribution in [3.8, 4) is 0 Å². The molecule has 154 valence electrons. The third-order valence-electron chi connectivity index (χ3n) is 4.24. The van der Waals surface area contributed by atoms with Crippen LogP contribution in [0.2, 0.25) is 5.02 Å². The molecule has 11 heteroatoms. The van der Waals surface area contributed by atoms with Gasteiger partial charge in [-0.2, -0.15) is 0 Å². The van der Waals surface area contributed by atoms with Crippen molar-refractivity contribution in [3.05, 3.63) is 38.9 Å². The van der Waals surface area contributed by atoms with Crippen molar-refractivity contribution in [2.24, 2.45) is 5.92 Å². The Morgan fingerprint density at radius 1 is 1.39 bits per heavy atom. The van der Waals surface area contributed by atoms with Crippen LogP contribution in [0.25, 0.3) is 0 Å². The standard InChI is InChI=1S/C17H21ClN2O7S/c1-11(2)8-19(13-5-6-28(25,26)10-13)16(21)9-27-17(22)14-7-12(20(23)24)3-4-15(14)18/h3-4,7,11,13H,5-6,8-10H2,1-2H3. The highest BCUT2D eigenvalue weighted by Crippen LogP contribution is 2.23. The Morgan fingerprint density at radius 2 is 2.07 bits per heavy atom. The number of sulfone groups is 1. The summed E-state index contributed by atoms with van der Waals surface area (Å²) >= 11 is 5.89. The van der Waals surface area contributed by atoms with Gasteiger partial charge in [-0.1, -0.05) is 25.4 Å². The molecule has 0 saturated carbocycles. The van der Waals surface area contributed by atoms with Gasteiger partial charge in [0.1, 0.15) is 0 Å². The molecule has 0 spiro atoms. The molecular weight excluding hydrogens is 412 g/mol. The van der Waals surface area contributed by atoms with Gasteiger partial charge in [0.25, 0.3) is 11.6 Å². The summed E-state index contributed by atoms with van der Waals surface area (Å²) in [5.41, 5.74) is -0.553. The molecule has 1 aromatic carbocycles. The molecule has 1 unspecified atom stereocenters. The summed E-state index contributed by atoms with van der Waals surface area (Å²) in [7, 11) is -3.19. The molecule has 28 heavy (non-hydrogen) atoms. The van der Waals surface area contributed by atoms with Gasteiger partial charge in [0, 0.05) is 24.7 Å². The van der Waals surface area contributed by atoms with E-state index in [0.717, 1.165) is 12.1 Å². The topological polar surface area (TPSA) is 124 Å². The Balaban J connectivity index is 2.08. The number of hydrogen-bond donors (Lipinski definition) is 0. The molecule has 1 fully saturated rings. The molecule has 2 rings (SSSR count). The Labute approximate surface area is 167 Å². The number of rotatable bonds is 7. The van der Waals surface area contributed by atoms with E-state index in [-0.39, 0.29) is 33.7 Å². The highest BCUT2D eigenvalue weighted by molar-refractivity contribution is 7.91. The molecule has 0 aliphatic carbocycles. The van der Waals surface area contributed by atoms with Crippen molar-refractivity contribution < 1.29 is 27.7 Å². The van der Waals surface area contributed by atoms with Gasteiger partial charge < -0.3 is 9.64 Å². The predicted octanol–water partition coefficient (Wildman–Crippen LogP) is 2.08. The van der Waals surface area contributed by atoms with Crippen LogP contribution in [0.5, 0.6) is 0 Å². The van der Waals surface area contributed by atoms with E-state index in [2.05, 4.69) is 0 Å². The van der Waals surface area contributed by atoms with E-state index >= 15 is 0 Å². The number of non-ortho nitro benzene ring substituents is 1. The molecule has 1 atom stereocenters. The van der Waals surface area contributed by atoms with Crippen molar-refractivity contribution in [2.75, 3.05) is 24.7 Å². The lowest BCUT2D eigenvalue weighted by molar-refractivity contribution is -0.384. The van der Waals surface area contributed by atoms with Crippen LogP contribution < -0.4 is 0 Å². The summed E-state index contributed by atoms with van der Waals surface area (Å²) in [5, 5.41) is 10.8. The molecule has 0 bridgehead atoms. The van der Waals surface area contributed by atoms with E-state index in [1.165, 1.54) is 11.0 Å². The number of nitro groups is 1. The summed E-state index contributed by atoms with van der Waals surface area (Å²) < 4.78 is 28.5. The molecule has 0 aromatic heterocycles. The number of amides is 1. The number of esters is 1. The Hall–Kier alpha value is -2.20. The summed E-state index contributed by atoms with van der Waals surface area (Å²) in [6.07, 6.45) is 0.339. The molecule has 0 radical (unpaired) electrons. The van der Waals surface area contributed by atoms with E-state index in [0.29, 0.717) is 13.0 Å². The number of ether oxygens (including phenoxy) is 1. The minimum absolute atomic E-state index is 0.0165. The highest BCUT2D eigenvalue weighted by atomic mass is 35.5. The average molecular weight is 433 g/mol. The summed E-state index contributed by atoms with van der Waals surface area (Å²) in [4.78, 5) is 36.4. The minimum Gasteiger partial charge on any atom is -0.452 e. The van der Waals surface area contributed by atoms with Gasteiger partial charge in [0.05, 0.1) is 27.0 Å². The third kappa shape index (κ3) is 5.65. The summed E-state index contributed by atoms with van der Waals surface area (Å²) in [6, 6.07) is 2.87. The van der Waals surface area contributed by atoms with E-state index in [1.54, 1.807) is 0 Å². The van der Waals surface area contributed by atoms with E-state index in [4.69, 9.17) is 16.3 Å². The fourth-order valence-electron chi connectivity index (χ4n) is 2.94. The number of nitro benzene ring substituents is 1. The second kappa shape index (κ2) is 8.87. The van der Waals surface area contributed by atoms with Crippen LogP contribution in [0.15, 0.2) is 18.2 Å². The van der Waals surface area contributed by atoms with E-state index in [1.807, 2.05) is 13.8 Å². The highest BCUT2D eigenvalue weighted by Gasteiger charge is 2.35. The number of hydrogen-bond acceptors (Lipinski definition) is 7. The average Bonchev–Trinajstić information content (AvgIpc) is 2.96. The molecule has 1 heterocycles. The van der Waals surface area contributed by atoms with Gasteiger partial charge >= 0.3 is 5.97 Å². The lowest BCUT2D eigenvalue weighted by Crippen LogP contribution is -2.45. The molecule has 9 nitrogen and oxygen atoms in total. The van der Waals surface area contributed by atoms with Crippen LogP contribution in [0.3, 0.4) is 0 Å². The lowest BCUT2D eigenvalue weighted by Gasteiger charge is -2.29. The van der Waals surface area contributed by atoms with Crippen LogP contribution in [0.1, 0.15) is 30.6 Å². The number of halogens is 1. The zero-order valence-electron chi connectivity index (χ0n) is 15.5. The lowest BCUT2D eigenvalue weighted by atomic mass is 10.1. The summed E-state index contributed by atoms with van der Waals surface area (Å²) in [5.74, 6) is -1.50. The summed E-state index contributed by atoms with van der Waals surface area (Å²) in [6.45, 7) is 3.49. The third-order valence-corrected chi connectivity index (χ3v) is 6.32. The van der Waals surface area contributed by atoms with Gasteiger partial charge in [-0.15, -0.1) is 0 Å². The quantitative estimate of drug-likeness (QED) is 0.367. The first-order valence-electron chi connectivity index (χ1n) is 8.61.